The van der Waals surface area contributed by atoms with Gasteiger partial charge < -0.3 is 15.0 Å². The number of aromatic nitrogens is 2. The minimum absolute atomic E-state index is 0.192. The van der Waals surface area contributed by atoms with Crippen molar-refractivity contribution in [1.82, 2.24) is 9.55 Å². The van der Waals surface area contributed by atoms with E-state index in [2.05, 4.69) is 20.9 Å². The summed E-state index contributed by atoms with van der Waals surface area (Å²) in [5.74, 6) is 1.03. The van der Waals surface area contributed by atoms with Crippen molar-refractivity contribution in [3.63, 3.8) is 0 Å². The third-order valence-corrected chi connectivity index (χ3v) is 3.20. The summed E-state index contributed by atoms with van der Waals surface area (Å²) >= 11 is 9.27. The zero-order valence-corrected chi connectivity index (χ0v) is 11.7. The number of carbonyl (C=O) groups is 1. The van der Waals surface area contributed by atoms with Gasteiger partial charge in [0.1, 0.15) is 12.4 Å². The van der Waals surface area contributed by atoms with Crippen LogP contribution < -0.4 is 5.73 Å². The van der Waals surface area contributed by atoms with Gasteiger partial charge in [0.2, 0.25) is 0 Å². The monoisotopic (exact) mass is 331 g/mol. The Kier molecular flexibility index (Phi) is 4.08. The van der Waals surface area contributed by atoms with Crippen molar-refractivity contribution >= 4 is 44.7 Å². The number of halogens is 2. The molecule has 1 aromatic carbocycles. The van der Waals surface area contributed by atoms with Crippen molar-refractivity contribution in [2.75, 3.05) is 6.61 Å². The number of alkyl halides is 1. The molecule has 0 radical (unpaired) electrons. The molecular weight excluding hydrogens is 321 g/mol. The maximum Gasteiger partial charge on any atom is 0.404 e. The second-order valence-corrected chi connectivity index (χ2v) is 4.80. The van der Waals surface area contributed by atoms with E-state index in [9.17, 15) is 4.79 Å². The molecule has 2 rings (SSSR count). The lowest BCUT2D eigenvalue weighted by Gasteiger charge is -2.07. The number of benzene rings is 1. The van der Waals surface area contributed by atoms with Gasteiger partial charge in [0.15, 0.2) is 0 Å². The molecule has 2 N–H and O–H groups in total. The number of primary amides is 1. The highest BCUT2D eigenvalue weighted by atomic mass is 79.9. The average Bonchev–Trinajstić information content (AvgIpc) is 2.66. The Morgan fingerprint density at radius 1 is 1.56 bits per heavy atom. The first kappa shape index (κ1) is 13.2. The quantitative estimate of drug-likeness (QED) is 0.875. The SMILES string of the molecule is NC(=O)OCCn1c(CCl)nc2ccc(Br)cc21. The molecule has 7 heteroatoms. The fraction of sp³-hybridized carbons (Fsp3) is 0.273. The summed E-state index contributed by atoms with van der Waals surface area (Å²) in [6, 6.07) is 5.77. The number of nitrogens with two attached hydrogens (primary N) is 1. The molecular formula is C11H11BrClN3O2. The van der Waals surface area contributed by atoms with Crippen LogP contribution in [0, 0.1) is 0 Å². The van der Waals surface area contributed by atoms with Gasteiger partial charge in [0.25, 0.3) is 0 Å². The predicted octanol–water partition coefficient (Wildman–Crippen LogP) is 2.63. The van der Waals surface area contributed by atoms with E-state index < -0.39 is 6.09 Å². The van der Waals surface area contributed by atoms with Gasteiger partial charge >= 0.3 is 6.09 Å². The number of ether oxygens (including phenoxy) is 1. The molecule has 0 saturated carbocycles. The van der Waals surface area contributed by atoms with Crippen LogP contribution in [0.2, 0.25) is 0 Å². The van der Waals surface area contributed by atoms with Crippen LogP contribution in [-0.4, -0.2) is 22.3 Å². The number of amides is 1. The average molecular weight is 333 g/mol. The standard InChI is InChI=1S/C11H11BrClN3O2/c12-7-1-2-8-9(5-7)16(10(6-13)15-8)3-4-18-11(14)17/h1-2,5H,3-4,6H2,(H2,14,17). The molecule has 1 aromatic heterocycles. The van der Waals surface area contributed by atoms with E-state index >= 15 is 0 Å². The van der Waals surface area contributed by atoms with Crippen molar-refractivity contribution in [2.24, 2.45) is 5.73 Å². The van der Waals surface area contributed by atoms with E-state index in [1.54, 1.807) is 0 Å². The molecule has 0 spiro atoms. The number of imidazole rings is 1. The van der Waals surface area contributed by atoms with Crippen LogP contribution in [0.15, 0.2) is 22.7 Å². The Bertz CT molecular complexity index is 585. The maximum absolute atomic E-state index is 10.5. The lowest BCUT2D eigenvalue weighted by atomic mass is 10.3. The van der Waals surface area contributed by atoms with Crippen LogP contribution in [0.5, 0.6) is 0 Å². The van der Waals surface area contributed by atoms with Crippen molar-refractivity contribution in [2.45, 2.75) is 12.4 Å². The summed E-state index contributed by atoms with van der Waals surface area (Å²) in [5, 5.41) is 0. The Morgan fingerprint density at radius 2 is 2.33 bits per heavy atom. The summed E-state index contributed by atoms with van der Waals surface area (Å²) < 4.78 is 7.59. The van der Waals surface area contributed by atoms with Gasteiger partial charge in [-0.25, -0.2) is 9.78 Å². The first-order valence-corrected chi connectivity index (χ1v) is 6.57. The normalized spacial score (nSPS) is 10.8. The number of hydrogen-bond acceptors (Lipinski definition) is 3. The molecule has 0 fully saturated rings. The van der Waals surface area contributed by atoms with E-state index in [4.69, 9.17) is 22.1 Å². The summed E-state index contributed by atoms with van der Waals surface area (Å²) in [4.78, 5) is 14.9. The van der Waals surface area contributed by atoms with Gasteiger partial charge in [-0.2, -0.15) is 0 Å². The summed E-state index contributed by atoms with van der Waals surface area (Å²) in [5.41, 5.74) is 6.71. The molecule has 0 unspecified atom stereocenters. The van der Waals surface area contributed by atoms with Crippen LogP contribution in [0.25, 0.3) is 11.0 Å². The van der Waals surface area contributed by atoms with Crippen LogP contribution >= 0.6 is 27.5 Å². The molecule has 1 heterocycles. The number of rotatable bonds is 4. The van der Waals surface area contributed by atoms with Crippen LogP contribution in [0.3, 0.4) is 0 Å². The molecule has 0 aliphatic heterocycles. The van der Waals surface area contributed by atoms with Gasteiger partial charge in [0.05, 0.1) is 23.5 Å². The molecule has 96 valence electrons. The fourth-order valence-corrected chi connectivity index (χ4v) is 2.29. The Morgan fingerprint density at radius 3 is 3.00 bits per heavy atom. The highest BCUT2D eigenvalue weighted by Crippen LogP contribution is 2.21. The summed E-state index contributed by atoms with van der Waals surface area (Å²) in [6.45, 7) is 0.662. The highest BCUT2D eigenvalue weighted by molar-refractivity contribution is 9.10. The Hall–Kier alpha value is -1.27. The zero-order valence-electron chi connectivity index (χ0n) is 9.40. The van der Waals surface area contributed by atoms with Crippen molar-refractivity contribution < 1.29 is 9.53 Å². The number of fused-ring (bicyclic) bond motifs is 1. The lowest BCUT2D eigenvalue weighted by Crippen LogP contribution is -2.17. The molecule has 0 atom stereocenters. The third kappa shape index (κ3) is 2.76. The molecule has 18 heavy (non-hydrogen) atoms. The smallest absolute Gasteiger partial charge is 0.404 e. The number of nitrogens with zero attached hydrogens (tertiary/aromatic N) is 2. The van der Waals surface area contributed by atoms with Crippen LogP contribution in [0.1, 0.15) is 5.82 Å². The van der Waals surface area contributed by atoms with Gasteiger partial charge in [0, 0.05) is 4.47 Å². The van der Waals surface area contributed by atoms with Gasteiger partial charge in [-0.05, 0) is 18.2 Å². The van der Waals surface area contributed by atoms with E-state index in [0.717, 1.165) is 21.3 Å². The van der Waals surface area contributed by atoms with Crippen LogP contribution in [0.4, 0.5) is 4.79 Å². The van der Waals surface area contributed by atoms with Gasteiger partial charge in [-0.15, -0.1) is 11.6 Å². The van der Waals surface area contributed by atoms with E-state index in [0.29, 0.717) is 12.4 Å². The van der Waals surface area contributed by atoms with Crippen molar-refractivity contribution in [3.8, 4) is 0 Å². The topological polar surface area (TPSA) is 70.1 Å². The maximum atomic E-state index is 10.5. The molecule has 0 bridgehead atoms. The Labute approximate surface area is 117 Å². The first-order chi connectivity index (χ1) is 8.61. The minimum atomic E-state index is -0.784. The Balaban J connectivity index is 2.33. The highest BCUT2D eigenvalue weighted by Gasteiger charge is 2.10. The molecule has 2 aromatic rings. The largest absolute Gasteiger partial charge is 0.448 e. The number of hydrogen-bond donors (Lipinski definition) is 1. The van der Waals surface area contributed by atoms with E-state index in [-0.39, 0.29) is 6.61 Å². The first-order valence-electron chi connectivity index (χ1n) is 5.24. The van der Waals surface area contributed by atoms with Gasteiger partial charge in [-0.1, -0.05) is 15.9 Å². The second-order valence-electron chi connectivity index (χ2n) is 3.61. The van der Waals surface area contributed by atoms with Crippen LogP contribution in [-0.2, 0) is 17.2 Å². The summed E-state index contributed by atoms with van der Waals surface area (Å²) in [6.07, 6.45) is -0.784. The molecule has 0 saturated heterocycles. The third-order valence-electron chi connectivity index (χ3n) is 2.47. The second kappa shape index (κ2) is 5.58. The molecule has 1 amide bonds. The van der Waals surface area contributed by atoms with Crippen molar-refractivity contribution in [1.29, 1.82) is 0 Å². The van der Waals surface area contributed by atoms with Crippen molar-refractivity contribution in [3.05, 3.63) is 28.5 Å². The lowest BCUT2D eigenvalue weighted by molar-refractivity contribution is 0.152. The van der Waals surface area contributed by atoms with E-state index in [1.807, 2.05) is 22.8 Å². The molecule has 5 nitrogen and oxygen atoms in total. The van der Waals surface area contributed by atoms with Gasteiger partial charge in [-0.3, -0.25) is 0 Å². The summed E-state index contributed by atoms with van der Waals surface area (Å²) in [7, 11) is 0. The molecule has 0 aliphatic rings. The fourth-order valence-electron chi connectivity index (χ4n) is 1.73. The van der Waals surface area contributed by atoms with E-state index in [1.165, 1.54) is 0 Å². The molecule has 0 aliphatic carbocycles. The predicted molar refractivity (Wildman–Crippen MR) is 72.5 cm³/mol. The number of carbonyl (C=O) groups excluding carboxylic acids is 1. The minimum Gasteiger partial charge on any atom is -0.448 e. The zero-order chi connectivity index (χ0) is 13.1.